The summed E-state index contributed by atoms with van der Waals surface area (Å²) in [5.74, 6) is -0.919. The van der Waals surface area contributed by atoms with E-state index in [0.717, 1.165) is 44.3 Å². The molecule has 2 N–H and O–H groups in total. The molecule has 0 bridgehead atoms. The van der Waals surface area contributed by atoms with Gasteiger partial charge in [-0.3, -0.25) is 14.9 Å². The number of amides is 1. The van der Waals surface area contributed by atoms with E-state index >= 15 is 0 Å². The number of hydrogen-bond donors (Lipinski definition) is 2. The molecule has 1 aromatic rings. The fourth-order valence-electron chi connectivity index (χ4n) is 3.02. The molecule has 2 unspecified atom stereocenters. The van der Waals surface area contributed by atoms with Crippen LogP contribution in [0.2, 0.25) is 0 Å². The van der Waals surface area contributed by atoms with Crippen molar-refractivity contribution >= 4 is 11.9 Å². The summed E-state index contributed by atoms with van der Waals surface area (Å²) in [6, 6.07) is 8.11. The highest BCUT2D eigenvalue weighted by Crippen LogP contribution is 2.20. The second-order valence-corrected chi connectivity index (χ2v) is 6.08. The molecule has 1 aliphatic heterocycles. The number of carbonyl (C=O) groups is 2. The number of piperidine rings is 1. The van der Waals surface area contributed by atoms with Crippen LogP contribution < -0.4 is 5.32 Å². The van der Waals surface area contributed by atoms with E-state index in [4.69, 9.17) is 0 Å². The molecule has 0 radical (unpaired) electrons. The molecule has 5 heteroatoms. The van der Waals surface area contributed by atoms with Crippen LogP contribution in [0.5, 0.6) is 0 Å². The van der Waals surface area contributed by atoms with Crippen LogP contribution in [0, 0.1) is 0 Å². The van der Waals surface area contributed by atoms with Gasteiger partial charge in [-0.2, -0.15) is 0 Å². The first-order valence-corrected chi connectivity index (χ1v) is 8.46. The van der Waals surface area contributed by atoms with Gasteiger partial charge in [0.25, 0.3) is 0 Å². The monoisotopic (exact) mass is 318 g/mol. The fourth-order valence-corrected chi connectivity index (χ4v) is 3.02. The molecule has 1 heterocycles. The molecule has 23 heavy (non-hydrogen) atoms. The molecule has 0 spiro atoms. The van der Waals surface area contributed by atoms with Gasteiger partial charge in [-0.25, -0.2) is 0 Å². The fraction of sp³-hybridized carbons (Fsp3) is 0.556. The largest absolute Gasteiger partial charge is 0.480 e. The molecular weight excluding hydrogens is 292 g/mol. The Morgan fingerprint density at radius 3 is 2.39 bits per heavy atom. The van der Waals surface area contributed by atoms with E-state index in [2.05, 4.69) is 5.32 Å². The Balaban J connectivity index is 2.20. The van der Waals surface area contributed by atoms with Gasteiger partial charge in [-0.15, -0.1) is 0 Å². The van der Waals surface area contributed by atoms with Crippen molar-refractivity contribution < 1.29 is 14.7 Å². The van der Waals surface area contributed by atoms with Crippen LogP contribution in [0.1, 0.15) is 50.6 Å². The molecule has 1 saturated heterocycles. The number of benzene rings is 1. The first-order chi connectivity index (χ1) is 11.1. The molecule has 0 aromatic heterocycles. The van der Waals surface area contributed by atoms with E-state index in [0.29, 0.717) is 6.42 Å². The number of carboxylic acids is 1. The van der Waals surface area contributed by atoms with Crippen LogP contribution in [0.25, 0.3) is 0 Å². The van der Waals surface area contributed by atoms with Crippen molar-refractivity contribution in [3.8, 4) is 0 Å². The Morgan fingerprint density at radius 2 is 1.83 bits per heavy atom. The third kappa shape index (κ3) is 4.79. The molecule has 0 aliphatic carbocycles. The molecule has 5 nitrogen and oxygen atoms in total. The predicted molar refractivity (Wildman–Crippen MR) is 89.1 cm³/mol. The van der Waals surface area contributed by atoms with Gasteiger partial charge in [0.2, 0.25) is 5.91 Å². The first kappa shape index (κ1) is 17.5. The topological polar surface area (TPSA) is 69.6 Å². The Bertz CT molecular complexity index is 512. The summed E-state index contributed by atoms with van der Waals surface area (Å²) >= 11 is 0. The van der Waals surface area contributed by atoms with Crippen molar-refractivity contribution in [1.29, 1.82) is 0 Å². The minimum Gasteiger partial charge on any atom is -0.480 e. The zero-order valence-electron chi connectivity index (χ0n) is 13.7. The van der Waals surface area contributed by atoms with Gasteiger partial charge in [-0.1, -0.05) is 43.7 Å². The standard InChI is InChI=1S/C18H26N2O3/c1-2-9-15(18(22)23)19-16(14-10-5-3-6-11-14)17(21)20-12-7-4-8-13-20/h3,5-6,10-11,15-16,19H,2,4,7-9,12-13H2,1H3,(H,22,23). The summed E-state index contributed by atoms with van der Waals surface area (Å²) in [7, 11) is 0. The van der Waals surface area contributed by atoms with Crippen molar-refractivity contribution in [2.75, 3.05) is 13.1 Å². The maximum absolute atomic E-state index is 12.9. The van der Waals surface area contributed by atoms with Crippen molar-refractivity contribution in [3.63, 3.8) is 0 Å². The van der Waals surface area contributed by atoms with Gasteiger partial charge < -0.3 is 10.0 Å². The zero-order valence-corrected chi connectivity index (χ0v) is 13.7. The summed E-state index contributed by atoms with van der Waals surface area (Å²) in [4.78, 5) is 26.3. The second kappa shape index (κ2) is 8.67. The minimum absolute atomic E-state index is 0.0155. The van der Waals surface area contributed by atoms with Crippen molar-refractivity contribution in [3.05, 3.63) is 35.9 Å². The maximum Gasteiger partial charge on any atom is 0.320 e. The van der Waals surface area contributed by atoms with Crippen molar-refractivity contribution in [2.24, 2.45) is 0 Å². The van der Waals surface area contributed by atoms with Gasteiger partial charge in [0.05, 0.1) is 0 Å². The average molecular weight is 318 g/mol. The Hall–Kier alpha value is -1.88. The number of carboxylic acid groups (broad SMARTS) is 1. The first-order valence-electron chi connectivity index (χ1n) is 8.46. The van der Waals surface area contributed by atoms with Crippen LogP contribution >= 0.6 is 0 Å². The molecule has 0 saturated carbocycles. The molecule has 1 amide bonds. The quantitative estimate of drug-likeness (QED) is 0.811. The lowest BCUT2D eigenvalue weighted by Crippen LogP contribution is -2.48. The van der Waals surface area contributed by atoms with Crippen LogP contribution in [0.15, 0.2) is 30.3 Å². The Morgan fingerprint density at radius 1 is 1.17 bits per heavy atom. The summed E-state index contributed by atoms with van der Waals surface area (Å²) in [6.07, 6.45) is 4.45. The smallest absolute Gasteiger partial charge is 0.320 e. The van der Waals surface area contributed by atoms with Crippen molar-refractivity contribution in [2.45, 2.75) is 51.1 Å². The van der Waals surface area contributed by atoms with E-state index in [9.17, 15) is 14.7 Å². The van der Waals surface area contributed by atoms with E-state index in [1.807, 2.05) is 42.2 Å². The lowest BCUT2D eigenvalue weighted by Gasteiger charge is -2.32. The van der Waals surface area contributed by atoms with Gasteiger partial charge >= 0.3 is 5.97 Å². The van der Waals surface area contributed by atoms with Gasteiger partial charge in [0, 0.05) is 13.1 Å². The van der Waals surface area contributed by atoms with E-state index < -0.39 is 18.1 Å². The van der Waals surface area contributed by atoms with Crippen LogP contribution in [-0.4, -0.2) is 41.0 Å². The number of carbonyl (C=O) groups excluding carboxylic acids is 1. The van der Waals surface area contributed by atoms with Crippen molar-refractivity contribution in [1.82, 2.24) is 10.2 Å². The molecule has 1 fully saturated rings. The molecule has 126 valence electrons. The normalized spacial score (nSPS) is 17.5. The third-order valence-corrected chi connectivity index (χ3v) is 4.29. The van der Waals surface area contributed by atoms with Crippen LogP contribution in [0.4, 0.5) is 0 Å². The summed E-state index contributed by atoms with van der Waals surface area (Å²) in [6.45, 7) is 3.46. The molecule has 2 rings (SSSR count). The lowest BCUT2D eigenvalue weighted by molar-refractivity contribution is -0.141. The SMILES string of the molecule is CCCC(NC(C(=O)N1CCCCC1)c1ccccc1)C(=O)O. The molecule has 2 atom stereocenters. The zero-order chi connectivity index (χ0) is 16.7. The van der Waals surface area contributed by atoms with E-state index in [1.54, 1.807) is 0 Å². The van der Waals surface area contributed by atoms with Gasteiger partial charge in [0.15, 0.2) is 0 Å². The second-order valence-electron chi connectivity index (χ2n) is 6.08. The number of hydrogen-bond acceptors (Lipinski definition) is 3. The van der Waals surface area contributed by atoms with Gasteiger partial charge in [-0.05, 0) is 31.2 Å². The Labute approximate surface area is 137 Å². The van der Waals surface area contributed by atoms with E-state index in [-0.39, 0.29) is 5.91 Å². The number of likely N-dealkylation sites (tertiary alicyclic amines) is 1. The maximum atomic E-state index is 12.9. The third-order valence-electron chi connectivity index (χ3n) is 4.29. The summed E-state index contributed by atoms with van der Waals surface area (Å²) in [5.41, 5.74) is 0.824. The van der Waals surface area contributed by atoms with Crippen LogP contribution in [-0.2, 0) is 9.59 Å². The Kier molecular flexibility index (Phi) is 6.59. The van der Waals surface area contributed by atoms with Crippen LogP contribution in [0.3, 0.4) is 0 Å². The number of aliphatic carboxylic acids is 1. The van der Waals surface area contributed by atoms with Gasteiger partial charge in [0.1, 0.15) is 12.1 Å². The summed E-state index contributed by atoms with van der Waals surface area (Å²) in [5, 5.41) is 12.5. The van der Waals surface area contributed by atoms with E-state index in [1.165, 1.54) is 0 Å². The highest BCUT2D eigenvalue weighted by atomic mass is 16.4. The highest BCUT2D eigenvalue weighted by Gasteiger charge is 2.30. The number of nitrogens with one attached hydrogen (secondary N) is 1. The summed E-state index contributed by atoms with van der Waals surface area (Å²) < 4.78 is 0. The number of nitrogens with zero attached hydrogens (tertiary/aromatic N) is 1. The predicted octanol–water partition coefficient (Wildman–Crippen LogP) is 2.58. The molecular formula is C18H26N2O3. The highest BCUT2D eigenvalue weighted by molar-refractivity contribution is 5.84. The lowest BCUT2D eigenvalue weighted by atomic mass is 10.0. The number of rotatable bonds is 7. The minimum atomic E-state index is -0.903. The average Bonchev–Trinajstić information content (AvgIpc) is 2.59. The molecule has 1 aliphatic rings. The molecule has 1 aromatic carbocycles.